The molecule has 1 aromatic carbocycles. The lowest BCUT2D eigenvalue weighted by Gasteiger charge is -2.12. The van der Waals surface area contributed by atoms with Crippen molar-refractivity contribution in [3.05, 3.63) is 27.7 Å². The Morgan fingerprint density at radius 3 is 2.79 bits per heavy atom. The molecular weight excluding hydrogens is 330 g/mol. The lowest BCUT2D eigenvalue weighted by molar-refractivity contribution is 0.607. The number of nitrogens with zero attached hydrogens (tertiary/aromatic N) is 1. The molecule has 0 saturated heterocycles. The zero-order valence-electron chi connectivity index (χ0n) is 10.8. The van der Waals surface area contributed by atoms with Gasteiger partial charge in [0.1, 0.15) is 5.84 Å². The van der Waals surface area contributed by atoms with E-state index in [1.54, 1.807) is 0 Å². The van der Waals surface area contributed by atoms with Gasteiger partial charge in [-0.2, -0.15) is 0 Å². The van der Waals surface area contributed by atoms with Gasteiger partial charge in [0.25, 0.3) is 0 Å². The van der Waals surface area contributed by atoms with E-state index in [4.69, 9.17) is 0 Å². The number of nitrogens with one attached hydrogen (secondary N) is 2. The Balaban J connectivity index is 2.30. The van der Waals surface area contributed by atoms with E-state index in [-0.39, 0.29) is 0 Å². The number of hydrogen-bond donors (Lipinski definition) is 2. The number of aliphatic imine (C=N–C) groups is 1. The summed E-state index contributed by atoms with van der Waals surface area (Å²) in [6, 6.07) is 3.84. The largest absolute Gasteiger partial charge is 0.372 e. The summed E-state index contributed by atoms with van der Waals surface area (Å²) in [5.74, 6) is 0.945. The molecule has 19 heavy (non-hydrogen) atoms. The van der Waals surface area contributed by atoms with E-state index in [9.17, 15) is 8.42 Å². The molecule has 104 valence electrons. The fourth-order valence-corrected chi connectivity index (χ4v) is 3.02. The van der Waals surface area contributed by atoms with Gasteiger partial charge in [-0.3, -0.25) is 9.71 Å². The summed E-state index contributed by atoms with van der Waals surface area (Å²) >= 11 is 3.46. The molecule has 1 heterocycles. The second kappa shape index (κ2) is 5.50. The van der Waals surface area contributed by atoms with Gasteiger partial charge in [-0.25, -0.2) is 8.42 Å². The van der Waals surface area contributed by atoms with Crippen molar-refractivity contribution in [2.24, 2.45) is 4.99 Å². The zero-order chi connectivity index (χ0) is 14.0. The first-order valence-corrected chi connectivity index (χ1v) is 8.57. The average molecular weight is 346 g/mol. The summed E-state index contributed by atoms with van der Waals surface area (Å²) in [6.45, 7) is 3.54. The highest BCUT2D eigenvalue weighted by atomic mass is 79.9. The number of sulfonamides is 1. The van der Waals surface area contributed by atoms with E-state index in [1.165, 1.54) is 0 Å². The lowest BCUT2D eigenvalue weighted by Crippen LogP contribution is -2.20. The Morgan fingerprint density at radius 1 is 1.47 bits per heavy atom. The predicted molar refractivity (Wildman–Crippen MR) is 81.4 cm³/mol. The molecule has 0 aromatic heterocycles. The number of amidine groups is 1. The van der Waals surface area contributed by atoms with Gasteiger partial charge in [-0.15, -0.1) is 0 Å². The summed E-state index contributed by atoms with van der Waals surface area (Å²) in [5, 5.41) is 3.20. The second-order valence-corrected chi connectivity index (χ2v) is 7.16. The van der Waals surface area contributed by atoms with Gasteiger partial charge in [0.05, 0.1) is 18.5 Å². The van der Waals surface area contributed by atoms with Crippen LogP contribution in [-0.4, -0.2) is 33.6 Å². The van der Waals surface area contributed by atoms with Crippen LogP contribution >= 0.6 is 15.9 Å². The van der Waals surface area contributed by atoms with Crippen molar-refractivity contribution in [2.75, 3.05) is 24.1 Å². The summed E-state index contributed by atoms with van der Waals surface area (Å²) in [7, 11) is -3.28. The highest BCUT2D eigenvalue weighted by Crippen LogP contribution is 2.27. The fraction of sp³-hybridized carbons (Fsp3) is 0.417. The Hall–Kier alpha value is -1.08. The maximum atomic E-state index is 11.4. The monoisotopic (exact) mass is 345 g/mol. The molecular formula is C12H16BrN3O2S. The highest BCUT2D eigenvalue weighted by Gasteiger charge is 2.12. The van der Waals surface area contributed by atoms with Gasteiger partial charge < -0.3 is 5.32 Å². The Kier molecular flexibility index (Phi) is 4.15. The molecule has 0 spiro atoms. The minimum absolute atomic E-state index is 0.602. The first-order chi connectivity index (χ1) is 8.85. The molecule has 0 radical (unpaired) electrons. The first kappa shape index (κ1) is 14.3. The smallest absolute Gasteiger partial charge is 0.229 e. The van der Waals surface area contributed by atoms with Gasteiger partial charge in [-0.1, -0.05) is 15.9 Å². The summed E-state index contributed by atoms with van der Waals surface area (Å²) in [4.78, 5) is 4.34. The van der Waals surface area contributed by atoms with E-state index in [1.807, 2.05) is 19.1 Å². The Morgan fingerprint density at radius 2 is 2.21 bits per heavy atom. The number of rotatable bonds is 4. The average Bonchev–Trinajstić information content (AvgIpc) is 2.76. The van der Waals surface area contributed by atoms with Crippen molar-refractivity contribution in [1.29, 1.82) is 0 Å². The molecule has 1 aliphatic rings. The SMILES string of the molecule is Cc1c(Br)cc(CC2=NCCN2)cc1NS(C)(=O)=O. The van der Waals surface area contributed by atoms with E-state index < -0.39 is 10.0 Å². The van der Waals surface area contributed by atoms with E-state index in [0.29, 0.717) is 12.1 Å². The molecule has 2 N–H and O–H groups in total. The van der Waals surface area contributed by atoms with E-state index in [0.717, 1.165) is 40.8 Å². The van der Waals surface area contributed by atoms with Crippen LogP contribution in [0.1, 0.15) is 11.1 Å². The maximum absolute atomic E-state index is 11.4. The van der Waals surface area contributed by atoms with Crippen molar-refractivity contribution >= 4 is 37.5 Å². The Labute approximate surface area is 121 Å². The highest BCUT2D eigenvalue weighted by molar-refractivity contribution is 9.10. The third kappa shape index (κ3) is 3.94. The van der Waals surface area contributed by atoms with Crippen molar-refractivity contribution < 1.29 is 8.42 Å². The van der Waals surface area contributed by atoms with Gasteiger partial charge in [0.15, 0.2) is 0 Å². The fourth-order valence-electron chi connectivity index (χ4n) is 1.90. The standard InChI is InChI=1S/C12H16BrN3O2S/c1-8-10(13)5-9(7-12-14-3-4-15-12)6-11(8)16-19(2,17)18/h5-6,16H,3-4,7H2,1-2H3,(H,14,15). The molecule has 0 saturated carbocycles. The summed E-state index contributed by atoms with van der Waals surface area (Å²) in [6.07, 6.45) is 1.83. The number of anilines is 1. The van der Waals surface area contributed by atoms with Crippen LogP contribution in [0.5, 0.6) is 0 Å². The molecule has 1 aromatic rings. The molecule has 1 aliphatic heterocycles. The van der Waals surface area contributed by atoms with Crippen LogP contribution in [0.4, 0.5) is 5.69 Å². The molecule has 0 atom stereocenters. The van der Waals surface area contributed by atoms with E-state index >= 15 is 0 Å². The lowest BCUT2D eigenvalue weighted by atomic mass is 10.1. The topological polar surface area (TPSA) is 70.6 Å². The van der Waals surface area contributed by atoms with Gasteiger partial charge in [0.2, 0.25) is 10.0 Å². The Bertz CT molecular complexity index is 626. The van der Waals surface area contributed by atoms with Crippen molar-refractivity contribution in [3.8, 4) is 0 Å². The minimum atomic E-state index is -3.28. The molecule has 0 amide bonds. The van der Waals surface area contributed by atoms with E-state index in [2.05, 4.69) is 31.0 Å². The van der Waals surface area contributed by atoms with Crippen LogP contribution < -0.4 is 10.0 Å². The van der Waals surface area contributed by atoms with Crippen LogP contribution in [0.25, 0.3) is 0 Å². The van der Waals surface area contributed by atoms with Crippen LogP contribution in [0, 0.1) is 6.92 Å². The minimum Gasteiger partial charge on any atom is -0.372 e. The molecule has 0 unspecified atom stereocenters. The maximum Gasteiger partial charge on any atom is 0.229 e. The number of hydrogen-bond acceptors (Lipinski definition) is 4. The van der Waals surface area contributed by atoms with Crippen molar-refractivity contribution in [3.63, 3.8) is 0 Å². The zero-order valence-corrected chi connectivity index (χ0v) is 13.2. The third-order valence-corrected chi connectivity index (χ3v) is 4.23. The van der Waals surface area contributed by atoms with Gasteiger partial charge in [-0.05, 0) is 30.2 Å². The van der Waals surface area contributed by atoms with Crippen LogP contribution in [0.15, 0.2) is 21.6 Å². The summed E-state index contributed by atoms with van der Waals surface area (Å²) < 4.78 is 26.1. The van der Waals surface area contributed by atoms with Crippen molar-refractivity contribution in [2.45, 2.75) is 13.3 Å². The van der Waals surface area contributed by atoms with Crippen molar-refractivity contribution in [1.82, 2.24) is 5.32 Å². The molecule has 0 aliphatic carbocycles. The predicted octanol–water partition coefficient (Wildman–Crippen LogP) is 1.67. The molecule has 7 heteroatoms. The van der Waals surface area contributed by atoms with Gasteiger partial charge >= 0.3 is 0 Å². The summed E-state index contributed by atoms with van der Waals surface area (Å²) in [5.41, 5.74) is 2.48. The molecule has 0 fully saturated rings. The van der Waals surface area contributed by atoms with Crippen LogP contribution in [0.2, 0.25) is 0 Å². The normalized spacial score (nSPS) is 15.0. The quantitative estimate of drug-likeness (QED) is 0.871. The first-order valence-electron chi connectivity index (χ1n) is 5.89. The number of benzene rings is 1. The van der Waals surface area contributed by atoms with Gasteiger partial charge in [0, 0.05) is 17.4 Å². The molecule has 0 bridgehead atoms. The van der Waals surface area contributed by atoms with Crippen LogP contribution in [0.3, 0.4) is 0 Å². The molecule has 5 nitrogen and oxygen atoms in total. The number of halogens is 1. The second-order valence-electron chi connectivity index (χ2n) is 4.56. The third-order valence-electron chi connectivity index (χ3n) is 2.81. The van der Waals surface area contributed by atoms with Crippen LogP contribution in [-0.2, 0) is 16.4 Å². The molecule has 2 rings (SSSR count).